The van der Waals surface area contributed by atoms with Crippen LogP contribution in [0.15, 0.2) is 23.1 Å². The molecule has 1 aromatic carbocycles. The number of hydrogen-bond acceptors (Lipinski definition) is 6. The molecule has 1 fully saturated rings. The molecule has 0 bridgehead atoms. The highest BCUT2D eigenvalue weighted by Gasteiger charge is 2.40. The normalized spacial score (nSPS) is 22.9. The zero-order valence-electron chi connectivity index (χ0n) is 12.5. The van der Waals surface area contributed by atoms with Gasteiger partial charge in [-0.1, -0.05) is 6.07 Å². The van der Waals surface area contributed by atoms with Gasteiger partial charge in [0.05, 0.1) is 11.0 Å². The first kappa shape index (κ1) is 17.7. The van der Waals surface area contributed by atoms with Crippen LogP contribution in [-0.2, 0) is 14.8 Å². The fraction of sp³-hybridized carbons (Fsp3) is 0.538. The highest BCUT2D eigenvalue weighted by atomic mass is 32.2. The molecule has 0 spiro atoms. The number of sulfonamides is 1. The van der Waals surface area contributed by atoms with Crippen LogP contribution in [0.2, 0.25) is 0 Å². The maximum Gasteiger partial charge on any atom is 0.324 e. The third kappa shape index (κ3) is 3.34. The Kier molecular flexibility index (Phi) is 5.30. The first-order chi connectivity index (χ1) is 10.8. The van der Waals surface area contributed by atoms with Crippen LogP contribution in [-0.4, -0.2) is 50.0 Å². The molecule has 0 aromatic heterocycles. The minimum Gasteiger partial charge on any atom is -0.381 e. The number of nitro benzene ring substituents is 1. The Morgan fingerprint density at radius 2 is 2.22 bits per heavy atom. The number of nitro groups is 1. The van der Waals surface area contributed by atoms with E-state index in [-0.39, 0.29) is 19.2 Å². The van der Waals surface area contributed by atoms with Crippen molar-refractivity contribution in [2.45, 2.75) is 29.9 Å². The Morgan fingerprint density at radius 1 is 1.52 bits per heavy atom. The Balaban J connectivity index is 2.47. The highest BCUT2D eigenvalue weighted by molar-refractivity contribution is 7.89. The molecule has 1 aliphatic heterocycles. The van der Waals surface area contributed by atoms with Gasteiger partial charge in [-0.15, -0.1) is 0 Å². The largest absolute Gasteiger partial charge is 0.381 e. The Bertz CT molecular complexity index is 697. The van der Waals surface area contributed by atoms with Crippen molar-refractivity contribution < 1.29 is 22.5 Å². The Hall–Kier alpha value is -1.62. The number of nitrogens with zero attached hydrogens (tertiary/aromatic N) is 2. The number of ether oxygens (including phenoxy) is 1. The molecular formula is C13H18FN3O5S. The van der Waals surface area contributed by atoms with Gasteiger partial charge in [-0.05, 0) is 25.0 Å². The summed E-state index contributed by atoms with van der Waals surface area (Å²) < 4.78 is 45.6. The molecule has 23 heavy (non-hydrogen) atoms. The summed E-state index contributed by atoms with van der Waals surface area (Å²) in [4.78, 5) is 9.38. The van der Waals surface area contributed by atoms with Gasteiger partial charge in [0.15, 0.2) is 4.90 Å². The van der Waals surface area contributed by atoms with Crippen LogP contribution in [0, 0.1) is 15.9 Å². The number of halogens is 1. The monoisotopic (exact) mass is 347 g/mol. The molecule has 8 nitrogen and oxygen atoms in total. The van der Waals surface area contributed by atoms with Crippen LogP contribution in [0.4, 0.5) is 10.1 Å². The zero-order chi connectivity index (χ0) is 17.2. The molecule has 0 aliphatic carbocycles. The predicted octanol–water partition coefficient (Wildman–Crippen LogP) is 0.861. The smallest absolute Gasteiger partial charge is 0.324 e. The van der Waals surface area contributed by atoms with Crippen molar-refractivity contribution in [1.82, 2.24) is 4.31 Å². The molecule has 1 aliphatic rings. The molecule has 1 aromatic rings. The second-order valence-electron chi connectivity index (χ2n) is 5.23. The molecule has 0 radical (unpaired) electrons. The lowest BCUT2D eigenvalue weighted by molar-refractivity contribution is -0.390. The van der Waals surface area contributed by atoms with Crippen molar-refractivity contribution in [3.05, 3.63) is 34.1 Å². The lowest BCUT2D eigenvalue weighted by Gasteiger charge is -2.37. The first-order valence-electron chi connectivity index (χ1n) is 7.00. The van der Waals surface area contributed by atoms with Crippen LogP contribution in [0.1, 0.15) is 12.8 Å². The van der Waals surface area contributed by atoms with E-state index in [1.54, 1.807) is 0 Å². The number of methoxy groups -OCH3 is 1. The van der Waals surface area contributed by atoms with Gasteiger partial charge >= 0.3 is 5.69 Å². The number of rotatable bonds is 5. The second-order valence-corrected chi connectivity index (χ2v) is 7.09. The third-order valence-corrected chi connectivity index (χ3v) is 5.92. The van der Waals surface area contributed by atoms with Gasteiger partial charge < -0.3 is 10.5 Å². The molecule has 0 amide bonds. The van der Waals surface area contributed by atoms with E-state index >= 15 is 0 Å². The fourth-order valence-corrected chi connectivity index (χ4v) is 4.57. The number of para-hydroxylation sites is 1. The Labute approximate surface area is 133 Å². The number of benzene rings is 1. The van der Waals surface area contributed by atoms with Crippen molar-refractivity contribution in [1.29, 1.82) is 0 Å². The van der Waals surface area contributed by atoms with Crippen molar-refractivity contribution in [3.8, 4) is 0 Å². The molecule has 1 saturated heterocycles. The summed E-state index contributed by atoms with van der Waals surface area (Å²) in [6.45, 7) is 0.151. The van der Waals surface area contributed by atoms with Gasteiger partial charge in [0.1, 0.15) is 0 Å². The van der Waals surface area contributed by atoms with Gasteiger partial charge in [-0.2, -0.15) is 8.70 Å². The minimum atomic E-state index is -4.24. The molecular weight excluding hydrogens is 329 g/mol. The zero-order valence-corrected chi connectivity index (χ0v) is 13.3. The van der Waals surface area contributed by atoms with E-state index in [4.69, 9.17) is 10.5 Å². The van der Waals surface area contributed by atoms with Crippen molar-refractivity contribution >= 4 is 15.7 Å². The topological polar surface area (TPSA) is 116 Å². The van der Waals surface area contributed by atoms with Gasteiger partial charge in [0.25, 0.3) is 0 Å². The number of hydrogen-bond donors (Lipinski definition) is 1. The molecule has 2 N–H and O–H groups in total. The van der Waals surface area contributed by atoms with Gasteiger partial charge in [-0.25, -0.2) is 8.42 Å². The summed E-state index contributed by atoms with van der Waals surface area (Å²) in [5, 5.41) is 11.1. The van der Waals surface area contributed by atoms with Crippen LogP contribution < -0.4 is 5.73 Å². The van der Waals surface area contributed by atoms with Crippen molar-refractivity contribution in [2.75, 3.05) is 20.2 Å². The average Bonchev–Trinajstić information content (AvgIpc) is 2.53. The molecule has 1 heterocycles. The van der Waals surface area contributed by atoms with E-state index in [0.717, 1.165) is 22.5 Å². The van der Waals surface area contributed by atoms with E-state index in [1.165, 1.54) is 7.11 Å². The maximum absolute atomic E-state index is 13.7. The van der Waals surface area contributed by atoms with Crippen LogP contribution >= 0.6 is 0 Å². The molecule has 128 valence electrons. The van der Waals surface area contributed by atoms with Crippen molar-refractivity contribution in [3.63, 3.8) is 0 Å². The fourth-order valence-electron chi connectivity index (χ4n) is 2.74. The molecule has 10 heteroatoms. The second kappa shape index (κ2) is 6.87. The summed E-state index contributed by atoms with van der Waals surface area (Å²) in [5.41, 5.74) is 4.60. The summed E-state index contributed by atoms with van der Waals surface area (Å²) in [6.07, 6.45) is 0.697. The van der Waals surface area contributed by atoms with E-state index in [1.807, 2.05) is 0 Å². The molecule has 2 atom stereocenters. The number of piperidine rings is 1. The van der Waals surface area contributed by atoms with Gasteiger partial charge in [-0.3, -0.25) is 10.1 Å². The SMILES string of the molecule is COC1CCN(S(=O)(=O)c2cccc(F)c2[N+](=O)[O-])C(CN)C1. The third-order valence-electron chi connectivity index (χ3n) is 3.94. The molecule has 0 saturated carbocycles. The number of nitrogens with two attached hydrogens (primary N) is 1. The quantitative estimate of drug-likeness (QED) is 0.624. The van der Waals surface area contributed by atoms with Gasteiger partial charge in [0, 0.05) is 26.2 Å². The molecule has 2 unspecified atom stereocenters. The lowest BCUT2D eigenvalue weighted by atomic mass is 10.0. The van der Waals surface area contributed by atoms with E-state index in [9.17, 15) is 22.9 Å². The standard InChI is InChI=1S/C13H18FN3O5S/c1-22-10-5-6-16(9(7-10)8-15)23(20,21)12-4-2-3-11(14)13(12)17(18)19/h2-4,9-10H,5-8,15H2,1H3. The minimum absolute atomic E-state index is 0.0439. The average molecular weight is 347 g/mol. The van der Waals surface area contributed by atoms with E-state index in [0.29, 0.717) is 12.8 Å². The Morgan fingerprint density at radius 3 is 2.78 bits per heavy atom. The van der Waals surface area contributed by atoms with Crippen molar-refractivity contribution in [2.24, 2.45) is 5.73 Å². The van der Waals surface area contributed by atoms with E-state index in [2.05, 4.69) is 0 Å². The first-order valence-corrected chi connectivity index (χ1v) is 8.44. The lowest BCUT2D eigenvalue weighted by Crippen LogP contribution is -2.51. The van der Waals surface area contributed by atoms with Gasteiger partial charge in [0.2, 0.25) is 15.8 Å². The van der Waals surface area contributed by atoms with Crippen LogP contribution in [0.3, 0.4) is 0 Å². The predicted molar refractivity (Wildman–Crippen MR) is 79.8 cm³/mol. The van der Waals surface area contributed by atoms with E-state index < -0.39 is 37.4 Å². The summed E-state index contributed by atoms with van der Waals surface area (Å²) in [5.74, 6) is -1.19. The van der Waals surface area contributed by atoms with Crippen LogP contribution in [0.25, 0.3) is 0 Å². The van der Waals surface area contributed by atoms with Crippen LogP contribution in [0.5, 0.6) is 0 Å². The summed E-state index contributed by atoms with van der Waals surface area (Å²) in [7, 11) is -2.71. The summed E-state index contributed by atoms with van der Waals surface area (Å²) in [6, 6.07) is 2.47. The molecule has 2 rings (SSSR count). The highest BCUT2D eigenvalue weighted by Crippen LogP contribution is 2.32. The summed E-state index contributed by atoms with van der Waals surface area (Å²) >= 11 is 0. The maximum atomic E-state index is 13.7.